The Morgan fingerprint density at radius 1 is 1.03 bits per heavy atom. The number of nitrogens with one attached hydrogen (secondary N) is 1. The summed E-state index contributed by atoms with van der Waals surface area (Å²) < 4.78 is 11.6. The highest BCUT2D eigenvalue weighted by atomic mass is 79.9. The summed E-state index contributed by atoms with van der Waals surface area (Å²) in [4.78, 5) is 22.3. The SMILES string of the molecule is COc1ccc([C@@H](C)NC(=O)c2cc(-c3cccnc3)nc3ccc(Br)cc23)cc1OC. The summed E-state index contributed by atoms with van der Waals surface area (Å²) in [5.41, 5.74) is 3.72. The number of aromatic nitrogens is 2. The van der Waals surface area contributed by atoms with Crippen LogP contribution < -0.4 is 14.8 Å². The summed E-state index contributed by atoms with van der Waals surface area (Å²) in [5.74, 6) is 1.06. The maximum atomic E-state index is 13.4. The van der Waals surface area contributed by atoms with Crippen LogP contribution in [0.5, 0.6) is 11.5 Å². The summed E-state index contributed by atoms with van der Waals surface area (Å²) in [5, 5.41) is 3.87. The molecule has 2 aromatic carbocycles. The van der Waals surface area contributed by atoms with E-state index in [1.807, 2.05) is 61.5 Å². The molecular formula is C25H22BrN3O3. The normalized spacial score (nSPS) is 11.8. The van der Waals surface area contributed by atoms with Crippen LogP contribution in [0, 0.1) is 0 Å². The first-order chi connectivity index (χ1) is 15.5. The first-order valence-electron chi connectivity index (χ1n) is 10.0. The zero-order chi connectivity index (χ0) is 22.7. The van der Waals surface area contributed by atoms with E-state index in [0.717, 1.165) is 26.5 Å². The number of rotatable bonds is 6. The molecule has 0 saturated heterocycles. The monoisotopic (exact) mass is 491 g/mol. The molecule has 1 amide bonds. The lowest BCUT2D eigenvalue weighted by Crippen LogP contribution is -2.27. The van der Waals surface area contributed by atoms with Crippen LogP contribution in [0.1, 0.15) is 28.9 Å². The third-order valence-corrected chi connectivity index (χ3v) is 5.72. The molecule has 0 aliphatic rings. The van der Waals surface area contributed by atoms with Gasteiger partial charge in [-0.25, -0.2) is 4.98 Å². The molecule has 0 radical (unpaired) electrons. The molecule has 1 atom stereocenters. The number of hydrogen-bond donors (Lipinski definition) is 1. The van der Waals surface area contributed by atoms with Gasteiger partial charge in [-0.15, -0.1) is 0 Å². The molecular weight excluding hydrogens is 470 g/mol. The number of methoxy groups -OCH3 is 2. The lowest BCUT2D eigenvalue weighted by molar-refractivity contribution is 0.0941. The summed E-state index contributed by atoms with van der Waals surface area (Å²) in [7, 11) is 3.18. The molecule has 1 N–H and O–H groups in total. The number of benzene rings is 2. The lowest BCUT2D eigenvalue weighted by atomic mass is 10.0. The zero-order valence-corrected chi connectivity index (χ0v) is 19.5. The van der Waals surface area contributed by atoms with Crippen LogP contribution in [0.2, 0.25) is 0 Å². The summed E-state index contributed by atoms with van der Waals surface area (Å²) in [6.07, 6.45) is 3.45. The van der Waals surface area contributed by atoms with Gasteiger partial charge in [0, 0.05) is 27.8 Å². The number of ether oxygens (including phenoxy) is 2. The van der Waals surface area contributed by atoms with Gasteiger partial charge in [-0.3, -0.25) is 9.78 Å². The molecule has 162 valence electrons. The van der Waals surface area contributed by atoms with Gasteiger partial charge in [0.05, 0.1) is 37.0 Å². The summed E-state index contributed by atoms with van der Waals surface area (Å²) in [6, 6.07) is 16.7. The first kappa shape index (κ1) is 21.8. The Hall–Kier alpha value is -3.45. The van der Waals surface area contributed by atoms with E-state index in [1.165, 1.54) is 0 Å². The van der Waals surface area contributed by atoms with E-state index >= 15 is 0 Å². The van der Waals surface area contributed by atoms with Crippen molar-refractivity contribution in [3.63, 3.8) is 0 Å². The second-order valence-corrected chi connectivity index (χ2v) is 8.18. The fourth-order valence-electron chi connectivity index (χ4n) is 3.53. The van der Waals surface area contributed by atoms with Gasteiger partial charge in [-0.2, -0.15) is 0 Å². The van der Waals surface area contributed by atoms with Gasteiger partial charge >= 0.3 is 0 Å². The van der Waals surface area contributed by atoms with Crippen LogP contribution >= 0.6 is 15.9 Å². The van der Waals surface area contributed by atoms with Crippen molar-refractivity contribution in [1.29, 1.82) is 0 Å². The molecule has 0 fully saturated rings. The Morgan fingerprint density at radius 3 is 2.56 bits per heavy atom. The standard InChI is InChI=1S/C25H22BrN3O3/c1-15(16-6-9-23(31-2)24(11-16)32-3)28-25(30)20-13-22(17-5-4-10-27-14-17)29-21-8-7-18(26)12-19(20)21/h4-15H,1-3H3,(H,28,30)/t15-/m1/s1. The van der Waals surface area contributed by atoms with Crippen LogP contribution in [0.4, 0.5) is 0 Å². The van der Waals surface area contributed by atoms with Crippen molar-refractivity contribution < 1.29 is 14.3 Å². The second kappa shape index (κ2) is 9.36. The fraction of sp³-hybridized carbons (Fsp3) is 0.160. The maximum Gasteiger partial charge on any atom is 0.252 e. The van der Waals surface area contributed by atoms with E-state index in [9.17, 15) is 4.79 Å². The van der Waals surface area contributed by atoms with Crippen LogP contribution in [0.15, 0.2) is 71.5 Å². The van der Waals surface area contributed by atoms with E-state index in [4.69, 9.17) is 14.5 Å². The number of carbonyl (C=O) groups is 1. The summed E-state index contributed by atoms with van der Waals surface area (Å²) >= 11 is 3.50. The van der Waals surface area contributed by atoms with Gasteiger partial charge < -0.3 is 14.8 Å². The molecule has 0 spiro atoms. The minimum Gasteiger partial charge on any atom is -0.493 e. The number of pyridine rings is 2. The third-order valence-electron chi connectivity index (χ3n) is 5.23. The lowest BCUT2D eigenvalue weighted by Gasteiger charge is -2.18. The zero-order valence-electron chi connectivity index (χ0n) is 17.9. The topological polar surface area (TPSA) is 73.3 Å². The van der Waals surface area contributed by atoms with Gasteiger partial charge in [0.1, 0.15) is 0 Å². The molecule has 2 aromatic heterocycles. The van der Waals surface area contributed by atoms with Crippen molar-refractivity contribution in [2.45, 2.75) is 13.0 Å². The molecule has 0 aliphatic heterocycles. The molecule has 0 unspecified atom stereocenters. The quantitative estimate of drug-likeness (QED) is 0.381. The molecule has 0 saturated carbocycles. The van der Waals surface area contributed by atoms with Crippen molar-refractivity contribution in [1.82, 2.24) is 15.3 Å². The molecule has 32 heavy (non-hydrogen) atoms. The first-order valence-corrected chi connectivity index (χ1v) is 10.8. The minimum atomic E-state index is -0.250. The van der Waals surface area contributed by atoms with Crippen molar-refractivity contribution in [2.24, 2.45) is 0 Å². The number of nitrogens with zero attached hydrogens (tertiary/aromatic N) is 2. The Bertz CT molecular complexity index is 1280. The third kappa shape index (κ3) is 4.43. The second-order valence-electron chi connectivity index (χ2n) is 7.27. The van der Waals surface area contributed by atoms with Crippen LogP contribution in [-0.4, -0.2) is 30.1 Å². The Kier molecular flexibility index (Phi) is 6.37. The average molecular weight is 492 g/mol. The van der Waals surface area contributed by atoms with Crippen LogP contribution in [0.3, 0.4) is 0 Å². The Labute approximate surface area is 194 Å². The smallest absolute Gasteiger partial charge is 0.252 e. The summed E-state index contributed by atoms with van der Waals surface area (Å²) in [6.45, 7) is 1.93. The predicted octanol–water partition coefficient (Wildman–Crippen LogP) is 5.57. The van der Waals surface area contributed by atoms with Crippen molar-refractivity contribution in [3.05, 3.63) is 82.6 Å². The molecule has 2 heterocycles. The van der Waals surface area contributed by atoms with Gasteiger partial charge in [0.15, 0.2) is 11.5 Å². The van der Waals surface area contributed by atoms with Crippen LogP contribution in [-0.2, 0) is 0 Å². The van der Waals surface area contributed by atoms with E-state index in [2.05, 4.69) is 26.2 Å². The number of carbonyl (C=O) groups excluding carboxylic acids is 1. The van der Waals surface area contributed by atoms with E-state index in [-0.39, 0.29) is 11.9 Å². The van der Waals surface area contributed by atoms with Crippen molar-refractivity contribution in [3.8, 4) is 22.8 Å². The number of halogens is 1. The molecule has 6 nitrogen and oxygen atoms in total. The molecule has 0 aliphatic carbocycles. The Morgan fingerprint density at radius 2 is 1.84 bits per heavy atom. The average Bonchev–Trinajstić information content (AvgIpc) is 2.83. The predicted molar refractivity (Wildman–Crippen MR) is 128 cm³/mol. The maximum absolute atomic E-state index is 13.4. The van der Waals surface area contributed by atoms with Crippen molar-refractivity contribution >= 4 is 32.7 Å². The van der Waals surface area contributed by atoms with Crippen molar-refractivity contribution in [2.75, 3.05) is 14.2 Å². The van der Waals surface area contributed by atoms with Gasteiger partial charge in [-0.1, -0.05) is 22.0 Å². The van der Waals surface area contributed by atoms with E-state index in [1.54, 1.807) is 26.6 Å². The molecule has 7 heteroatoms. The molecule has 0 bridgehead atoms. The highest BCUT2D eigenvalue weighted by Crippen LogP contribution is 2.31. The number of fused-ring (bicyclic) bond motifs is 1. The molecule has 4 rings (SSSR count). The van der Waals surface area contributed by atoms with Gasteiger partial charge in [-0.05, 0) is 61.0 Å². The Balaban J connectivity index is 1.72. The highest BCUT2D eigenvalue weighted by Gasteiger charge is 2.18. The van der Waals surface area contributed by atoms with E-state index in [0.29, 0.717) is 22.8 Å². The van der Waals surface area contributed by atoms with Gasteiger partial charge in [0.25, 0.3) is 5.91 Å². The minimum absolute atomic E-state index is 0.192. The van der Waals surface area contributed by atoms with Gasteiger partial charge in [0.2, 0.25) is 0 Å². The number of hydrogen-bond acceptors (Lipinski definition) is 5. The highest BCUT2D eigenvalue weighted by molar-refractivity contribution is 9.10. The van der Waals surface area contributed by atoms with Crippen LogP contribution in [0.25, 0.3) is 22.2 Å². The fourth-order valence-corrected chi connectivity index (χ4v) is 3.89. The van der Waals surface area contributed by atoms with E-state index < -0.39 is 0 Å². The molecule has 4 aromatic rings. The number of amides is 1. The largest absolute Gasteiger partial charge is 0.493 e.